The van der Waals surface area contributed by atoms with Crippen LogP contribution in [0.1, 0.15) is 66.1 Å². The lowest BCUT2D eigenvalue weighted by Crippen LogP contribution is -2.40. The van der Waals surface area contributed by atoms with Crippen molar-refractivity contribution in [3.05, 3.63) is 101 Å². The van der Waals surface area contributed by atoms with Crippen LogP contribution < -0.4 is 15.0 Å². The number of rotatable bonds is 9. The number of ether oxygens (including phenoxy) is 1. The minimum atomic E-state index is -0.193. The maximum Gasteiger partial charge on any atom is 0.294 e. The summed E-state index contributed by atoms with van der Waals surface area (Å²) in [6, 6.07) is 23.7. The summed E-state index contributed by atoms with van der Waals surface area (Å²) in [5, 5.41) is 3.06. The van der Waals surface area contributed by atoms with Gasteiger partial charge in [-0.2, -0.15) is 0 Å². The first kappa shape index (κ1) is 27.7. The SMILES string of the molecule is CC[C@@H]1CCCCN1CCCNC(=O)c1ccc(/C=C2/Oc3ccccc3N(Cc3cccc(C)c3)C2=O)cc1. The average molecular weight is 538 g/mol. The molecule has 6 nitrogen and oxygen atoms in total. The van der Waals surface area contributed by atoms with Crippen molar-refractivity contribution in [2.75, 3.05) is 24.5 Å². The number of nitrogens with one attached hydrogen (secondary N) is 1. The second kappa shape index (κ2) is 13.0. The Morgan fingerprint density at radius 1 is 1.05 bits per heavy atom. The van der Waals surface area contributed by atoms with Gasteiger partial charge in [-0.15, -0.1) is 0 Å². The molecule has 0 bridgehead atoms. The minimum Gasteiger partial charge on any atom is -0.449 e. The third-order valence-corrected chi connectivity index (χ3v) is 7.85. The van der Waals surface area contributed by atoms with Gasteiger partial charge >= 0.3 is 0 Å². The number of amides is 2. The maximum atomic E-state index is 13.5. The second-order valence-corrected chi connectivity index (χ2v) is 10.8. The number of fused-ring (bicyclic) bond motifs is 1. The Morgan fingerprint density at radius 3 is 2.67 bits per heavy atom. The van der Waals surface area contributed by atoms with Gasteiger partial charge in [-0.3, -0.25) is 14.5 Å². The Labute approximate surface area is 237 Å². The lowest BCUT2D eigenvalue weighted by Gasteiger charge is -2.35. The van der Waals surface area contributed by atoms with Crippen molar-refractivity contribution in [2.24, 2.45) is 0 Å². The number of nitrogens with zero attached hydrogens (tertiary/aromatic N) is 2. The highest BCUT2D eigenvalue weighted by Gasteiger charge is 2.30. The zero-order valence-corrected chi connectivity index (χ0v) is 23.6. The number of para-hydroxylation sites is 2. The Bertz CT molecular complexity index is 1360. The number of piperidine rings is 1. The molecule has 0 aromatic heterocycles. The molecule has 5 rings (SSSR count). The third-order valence-electron chi connectivity index (χ3n) is 7.85. The fraction of sp³-hybridized carbons (Fsp3) is 0.353. The maximum absolute atomic E-state index is 13.5. The molecule has 2 heterocycles. The predicted molar refractivity (Wildman–Crippen MR) is 160 cm³/mol. The minimum absolute atomic E-state index is 0.0758. The molecule has 3 aromatic carbocycles. The standard InChI is InChI=1S/C34H39N3O3/c1-3-29-12-6-7-20-36(29)21-9-19-35-33(38)28-17-15-26(16-18-28)23-32-34(39)37(24-27-11-8-10-25(2)22-27)30-13-4-5-14-31(30)40-32/h4-5,8,10-11,13-18,22-23,29H,3,6-7,9,12,19-21,24H2,1-2H3,(H,35,38)/b32-23+/t29-/m1/s1. The molecule has 2 aliphatic heterocycles. The molecule has 1 atom stereocenters. The van der Waals surface area contributed by atoms with Crippen LogP contribution in [-0.2, 0) is 11.3 Å². The summed E-state index contributed by atoms with van der Waals surface area (Å²) in [5.74, 6) is 0.632. The van der Waals surface area contributed by atoms with Crippen molar-refractivity contribution in [3.8, 4) is 5.75 Å². The number of hydrogen-bond donors (Lipinski definition) is 1. The first-order valence-corrected chi connectivity index (χ1v) is 14.5. The van der Waals surface area contributed by atoms with Crippen LogP contribution in [-0.4, -0.2) is 42.4 Å². The second-order valence-electron chi connectivity index (χ2n) is 10.8. The number of anilines is 1. The fourth-order valence-corrected chi connectivity index (χ4v) is 5.70. The van der Waals surface area contributed by atoms with Gasteiger partial charge < -0.3 is 15.0 Å². The van der Waals surface area contributed by atoms with Gasteiger partial charge in [-0.05, 0) is 80.6 Å². The van der Waals surface area contributed by atoms with E-state index in [0.29, 0.717) is 30.4 Å². The number of likely N-dealkylation sites (tertiary alicyclic amines) is 1. The fourth-order valence-electron chi connectivity index (χ4n) is 5.70. The normalized spacial score (nSPS) is 18.4. The topological polar surface area (TPSA) is 61.9 Å². The Morgan fingerprint density at radius 2 is 1.88 bits per heavy atom. The highest BCUT2D eigenvalue weighted by molar-refractivity contribution is 6.09. The lowest BCUT2D eigenvalue weighted by atomic mass is 10.00. The van der Waals surface area contributed by atoms with Gasteiger partial charge in [0.1, 0.15) is 0 Å². The molecular formula is C34H39N3O3. The Balaban J connectivity index is 1.22. The van der Waals surface area contributed by atoms with Crippen molar-refractivity contribution < 1.29 is 14.3 Å². The van der Waals surface area contributed by atoms with E-state index in [4.69, 9.17) is 4.74 Å². The summed E-state index contributed by atoms with van der Waals surface area (Å²) in [7, 11) is 0. The Hall–Kier alpha value is -3.90. The molecular weight excluding hydrogens is 498 g/mol. The van der Waals surface area contributed by atoms with E-state index in [1.54, 1.807) is 23.1 Å². The molecule has 6 heteroatoms. The van der Waals surface area contributed by atoms with E-state index >= 15 is 0 Å². The molecule has 1 fully saturated rings. The van der Waals surface area contributed by atoms with E-state index in [2.05, 4.69) is 23.2 Å². The molecule has 3 aromatic rings. The number of carbonyl (C=O) groups is 2. The molecule has 0 spiro atoms. The van der Waals surface area contributed by atoms with E-state index in [1.165, 1.54) is 32.2 Å². The number of aryl methyl sites for hydroxylation is 1. The van der Waals surface area contributed by atoms with Gasteiger partial charge in [-0.25, -0.2) is 0 Å². The first-order chi connectivity index (χ1) is 19.5. The zero-order chi connectivity index (χ0) is 27.9. The summed E-state index contributed by atoms with van der Waals surface area (Å²) in [4.78, 5) is 30.6. The van der Waals surface area contributed by atoms with Crippen molar-refractivity contribution in [1.29, 1.82) is 0 Å². The average Bonchev–Trinajstić information content (AvgIpc) is 2.98. The van der Waals surface area contributed by atoms with Crippen LogP contribution in [0, 0.1) is 6.92 Å². The number of hydrogen-bond acceptors (Lipinski definition) is 4. The summed E-state index contributed by atoms with van der Waals surface area (Å²) < 4.78 is 6.04. The van der Waals surface area contributed by atoms with E-state index in [0.717, 1.165) is 35.3 Å². The highest BCUT2D eigenvalue weighted by Crippen LogP contribution is 2.36. The molecule has 0 saturated carbocycles. The first-order valence-electron chi connectivity index (χ1n) is 14.5. The van der Waals surface area contributed by atoms with Crippen molar-refractivity contribution in [1.82, 2.24) is 10.2 Å². The van der Waals surface area contributed by atoms with Crippen molar-refractivity contribution in [3.63, 3.8) is 0 Å². The van der Waals surface area contributed by atoms with Gasteiger partial charge in [0, 0.05) is 24.7 Å². The summed E-state index contributed by atoms with van der Waals surface area (Å²) in [6.07, 6.45) is 7.79. The largest absolute Gasteiger partial charge is 0.449 e. The zero-order valence-electron chi connectivity index (χ0n) is 23.6. The molecule has 1 N–H and O–H groups in total. The van der Waals surface area contributed by atoms with Crippen molar-refractivity contribution in [2.45, 2.75) is 58.5 Å². The molecule has 0 unspecified atom stereocenters. The van der Waals surface area contributed by atoms with Gasteiger partial charge in [0.2, 0.25) is 0 Å². The third kappa shape index (κ3) is 6.62. The van der Waals surface area contributed by atoms with Crippen molar-refractivity contribution >= 4 is 23.6 Å². The van der Waals surface area contributed by atoms with E-state index < -0.39 is 0 Å². The monoisotopic (exact) mass is 537 g/mol. The Kier molecular flexibility index (Phi) is 8.97. The van der Waals surface area contributed by atoms with Crippen LogP contribution in [0.2, 0.25) is 0 Å². The summed E-state index contributed by atoms with van der Waals surface area (Å²) >= 11 is 0. The van der Waals surface area contributed by atoms with Crippen LogP contribution in [0.3, 0.4) is 0 Å². The molecule has 208 valence electrons. The quantitative estimate of drug-likeness (QED) is 0.255. The van der Waals surface area contributed by atoms with E-state index in [1.807, 2.05) is 61.5 Å². The molecule has 0 radical (unpaired) electrons. The molecule has 40 heavy (non-hydrogen) atoms. The van der Waals surface area contributed by atoms with Crippen LogP contribution in [0.25, 0.3) is 6.08 Å². The van der Waals surface area contributed by atoms with E-state index in [-0.39, 0.29) is 17.6 Å². The van der Waals surface area contributed by atoms with Crippen LogP contribution in [0.5, 0.6) is 5.75 Å². The van der Waals surface area contributed by atoms with Crippen LogP contribution in [0.15, 0.2) is 78.6 Å². The highest BCUT2D eigenvalue weighted by atomic mass is 16.5. The smallest absolute Gasteiger partial charge is 0.294 e. The number of benzene rings is 3. The molecule has 0 aliphatic carbocycles. The van der Waals surface area contributed by atoms with Gasteiger partial charge in [0.15, 0.2) is 11.5 Å². The number of carbonyl (C=O) groups excluding carboxylic acids is 2. The van der Waals surface area contributed by atoms with Crippen LogP contribution in [0.4, 0.5) is 5.69 Å². The molecule has 2 aliphatic rings. The lowest BCUT2D eigenvalue weighted by molar-refractivity contribution is -0.117. The van der Waals surface area contributed by atoms with Crippen LogP contribution >= 0.6 is 0 Å². The summed E-state index contributed by atoms with van der Waals surface area (Å²) in [6.45, 7) is 7.63. The van der Waals surface area contributed by atoms with Gasteiger partial charge in [-0.1, -0.05) is 67.4 Å². The predicted octanol–water partition coefficient (Wildman–Crippen LogP) is 6.35. The van der Waals surface area contributed by atoms with E-state index in [9.17, 15) is 9.59 Å². The summed E-state index contributed by atoms with van der Waals surface area (Å²) in [5.41, 5.74) is 4.36. The van der Waals surface area contributed by atoms with Gasteiger partial charge in [0.05, 0.1) is 12.2 Å². The van der Waals surface area contributed by atoms with Gasteiger partial charge in [0.25, 0.3) is 11.8 Å². The molecule has 2 amide bonds. The molecule has 1 saturated heterocycles.